The highest BCUT2D eigenvalue weighted by molar-refractivity contribution is 5.95. The van der Waals surface area contributed by atoms with Crippen LogP contribution in [0.2, 0.25) is 0 Å². The lowest BCUT2D eigenvalue weighted by atomic mass is 10.2. The number of benzene rings is 2. The highest BCUT2D eigenvalue weighted by Crippen LogP contribution is 2.38. The van der Waals surface area contributed by atoms with Crippen LogP contribution < -0.4 is 19.6 Å². The molecule has 0 aromatic heterocycles. The van der Waals surface area contributed by atoms with Crippen LogP contribution in [0.1, 0.15) is 29.8 Å². The van der Waals surface area contributed by atoms with Gasteiger partial charge in [0, 0.05) is 17.2 Å². The Kier molecular flexibility index (Phi) is 7.32. The lowest BCUT2D eigenvalue weighted by molar-refractivity contribution is -0.385. The van der Waals surface area contributed by atoms with E-state index in [1.54, 1.807) is 44.2 Å². The van der Waals surface area contributed by atoms with Crippen LogP contribution in [0, 0.1) is 10.1 Å². The Labute approximate surface area is 162 Å². The van der Waals surface area contributed by atoms with Crippen molar-refractivity contribution in [3.05, 3.63) is 57.6 Å². The first kappa shape index (κ1) is 20.7. The van der Waals surface area contributed by atoms with Gasteiger partial charge >= 0.3 is 5.69 Å². The lowest BCUT2D eigenvalue weighted by Crippen LogP contribution is -2.17. The van der Waals surface area contributed by atoms with Crippen molar-refractivity contribution in [1.82, 2.24) is 5.43 Å². The van der Waals surface area contributed by atoms with E-state index >= 15 is 0 Å². The Morgan fingerprint density at radius 2 is 1.96 bits per heavy atom. The smallest absolute Gasteiger partial charge is 0.315 e. The van der Waals surface area contributed by atoms with Gasteiger partial charge in [-0.15, -0.1) is 0 Å². The number of nitrogens with zero attached hydrogens (tertiary/aromatic N) is 2. The number of hydrazone groups is 1. The minimum Gasteiger partial charge on any atom is -0.497 e. The van der Waals surface area contributed by atoms with E-state index in [9.17, 15) is 14.9 Å². The van der Waals surface area contributed by atoms with Gasteiger partial charge in [-0.2, -0.15) is 5.10 Å². The summed E-state index contributed by atoms with van der Waals surface area (Å²) in [5.74, 6) is 0.395. The molecule has 2 aromatic rings. The SMILES string of the molecule is CCOc1cc(/C=N/NC(=O)c2cccc(OC)c2)cc([N+](=O)[O-])c1OCC. The van der Waals surface area contributed by atoms with Crippen LogP contribution in [0.15, 0.2) is 41.5 Å². The van der Waals surface area contributed by atoms with E-state index in [0.717, 1.165) is 0 Å². The average molecular weight is 387 g/mol. The number of rotatable bonds is 9. The highest BCUT2D eigenvalue weighted by Gasteiger charge is 2.22. The molecule has 0 aliphatic rings. The zero-order chi connectivity index (χ0) is 20.5. The molecule has 0 atom stereocenters. The van der Waals surface area contributed by atoms with E-state index in [0.29, 0.717) is 23.5 Å². The summed E-state index contributed by atoms with van der Waals surface area (Å²) in [7, 11) is 1.50. The topological polar surface area (TPSA) is 112 Å². The van der Waals surface area contributed by atoms with Crippen LogP contribution in [0.4, 0.5) is 5.69 Å². The molecule has 0 aliphatic carbocycles. The summed E-state index contributed by atoms with van der Waals surface area (Å²) < 4.78 is 15.9. The van der Waals surface area contributed by atoms with E-state index in [2.05, 4.69) is 10.5 Å². The number of nitro groups is 1. The molecule has 0 aliphatic heterocycles. The van der Waals surface area contributed by atoms with Crippen molar-refractivity contribution in [1.29, 1.82) is 0 Å². The molecular weight excluding hydrogens is 366 g/mol. The van der Waals surface area contributed by atoms with E-state index < -0.39 is 10.8 Å². The number of hydrogen-bond acceptors (Lipinski definition) is 7. The third-order valence-electron chi connectivity index (χ3n) is 3.55. The van der Waals surface area contributed by atoms with Gasteiger partial charge in [-0.25, -0.2) is 5.43 Å². The van der Waals surface area contributed by atoms with Gasteiger partial charge in [0.2, 0.25) is 5.75 Å². The van der Waals surface area contributed by atoms with Crippen LogP contribution in [0.3, 0.4) is 0 Å². The number of nitrogens with one attached hydrogen (secondary N) is 1. The molecule has 1 N–H and O–H groups in total. The lowest BCUT2D eigenvalue weighted by Gasteiger charge is -2.11. The number of methoxy groups -OCH3 is 1. The van der Waals surface area contributed by atoms with Gasteiger partial charge in [0.1, 0.15) is 5.75 Å². The summed E-state index contributed by atoms with van der Waals surface area (Å²) in [4.78, 5) is 23.0. The third kappa shape index (κ3) is 5.19. The van der Waals surface area contributed by atoms with Gasteiger partial charge in [0.05, 0.1) is 31.5 Å². The molecule has 0 radical (unpaired) electrons. The fourth-order valence-electron chi connectivity index (χ4n) is 2.36. The maximum Gasteiger partial charge on any atom is 0.315 e. The highest BCUT2D eigenvalue weighted by atomic mass is 16.6. The molecule has 0 saturated heterocycles. The average Bonchev–Trinajstić information content (AvgIpc) is 2.69. The predicted molar refractivity (Wildman–Crippen MR) is 103 cm³/mol. The minimum absolute atomic E-state index is 0.0620. The molecule has 2 aromatic carbocycles. The quantitative estimate of drug-likeness (QED) is 0.402. The predicted octanol–water partition coefficient (Wildman–Crippen LogP) is 3.16. The number of nitro benzene ring substituents is 1. The number of ether oxygens (including phenoxy) is 3. The van der Waals surface area contributed by atoms with Crippen LogP contribution in [0.25, 0.3) is 0 Å². The summed E-state index contributed by atoms with van der Waals surface area (Å²) in [6, 6.07) is 9.44. The van der Waals surface area contributed by atoms with Crippen molar-refractivity contribution in [3.63, 3.8) is 0 Å². The Hall–Kier alpha value is -3.62. The molecule has 9 heteroatoms. The fourth-order valence-corrected chi connectivity index (χ4v) is 2.36. The number of carbonyl (C=O) groups excluding carboxylic acids is 1. The van der Waals surface area contributed by atoms with Crippen molar-refractivity contribution >= 4 is 17.8 Å². The molecule has 0 spiro atoms. The molecule has 0 bridgehead atoms. The maximum absolute atomic E-state index is 12.2. The number of carbonyl (C=O) groups is 1. The van der Waals surface area contributed by atoms with Crippen LogP contribution >= 0.6 is 0 Å². The molecule has 0 unspecified atom stereocenters. The van der Waals surface area contributed by atoms with E-state index in [1.807, 2.05) is 0 Å². The molecule has 148 valence electrons. The Morgan fingerprint density at radius 3 is 2.61 bits per heavy atom. The second kappa shape index (κ2) is 9.91. The molecule has 2 rings (SSSR count). The maximum atomic E-state index is 12.2. The molecule has 0 fully saturated rings. The van der Waals surface area contributed by atoms with Gasteiger partial charge in [-0.1, -0.05) is 6.07 Å². The Balaban J connectivity index is 2.24. The van der Waals surface area contributed by atoms with Crippen LogP contribution in [0.5, 0.6) is 17.2 Å². The standard InChI is InChI=1S/C19H21N3O6/c1-4-27-17-10-13(9-16(22(24)25)18(17)28-5-2)12-20-21-19(23)14-7-6-8-15(11-14)26-3/h6-12H,4-5H2,1-3H3,(H,21,23)/b20-12+. The van der Waals surface area contributed by atoms with Crippen molar-refractivity contribution < 1.29 is 23.9 Å². The summed E-state index contributed by atoms with van der Waals surface area (Å²) >= 11 is 0. The molecule has 9 nitrogen and oxygen atoms in total. The van der Waals surface area contributed by atoms with Gasteiger partial charge in [-0.05, 0) is 38.1 Å². The van der Waals surface area contributed by atoms with Crippen molar-refractivity contribution in [3.8, 4) is 17.2 Å². The zero-order valence-electron chi connectivity index (χ0n) is 15.8. The molecule has 0 saturated carbocycles. The van der Waals surface area contributed by atoms with Gasteiger partial charge < -0.3 is 14.2 Å². The van der Waals surface area contributed by atoms with Crippen molar-refractivity contribution in [2.24, 2.45) is 5.10 Å². The molecule has 1 amide bonds. The second-order valence-electron chi connectivity index (χ2n) is 5.42. The third-order valence-corrected chi connectivity index (χ3v) is 3.55. The van der Waals surface area contributed by atoms with Gasteiger partial charge in [0.25, 0.3) is 5.91 Å². The number of amides is 1. The summed E-state index contributed by atoms with van der Waals surface area (Å²) in [6.45, 7) is 4.05. The first-order valence-corrected chi connectivity index (χ1v) is 8.55. The van der Waals surface area contributed by atoms with Gasteiger partial charge in [-0.3, -0.25) is 14.9 Å². The minimum atomic E-state index is -0.556. The summed E-state index contributed by atoms with van der Waals surface area (Å²) in [5, 5.41) is 15.2. The normalized spacial score (nSPS) is 10.5. The number of hydrogen-bond donors (Lipinski definition) is 1. The first-order valence-electron chi connectivity index (χ1n) is 8.55. The van der Waals surface area contributed by atoms with Crippen LogP contribution in [-0.2, 0) is 0 Å². The van der Waals surface area contributed by atoms with E-state index in [4.69, 9.17) is 14.2 Å². The van der Waals surface area contributed by atoms with Crippen LogP contribution in [-0.4, -0.2) is 37.4 Å². The molecule has 0 heterocycles. The molecular formula is C19H21N3O6. The van der Waals surface area contributed by atoms with Crippen molar-refractivity contribution in [2.75, 3.05) is 20.3 Å². The second-order valence-corrected chi connectivity index (χ2v) is 5.42. The monoisotopic (exact) mass is 387 g/mol. The van der Waals surface area contributed by atoms with E-state index in [-0.39, 0.29) is 23.8 Å². The summed E-state index contributed by atoms with van der Waals surface area (Å²) in [5.41, 5.74) is 2.87. The zero-order valence-corrected chi connectivity index (χ0v) is 15.8. The summed E-state index contributed by atoms with van der Waals surface area (Å²) in [6.07, 6.45) is 1.29. The first-order chi connectivity index (χ1) is 13.5. The Morgan fingerprint density at radius 1 is 1.21 bits per heavy atom. The fraction of sp³-hybridized carbons (Fsp3) is 0.263. The largest absolute Gasteiger partial charge is 0.497 e. The Bertz CT molecular complexity index is 882. The molecule has 28 heavy (non-hydrogen) atoms. The van der Waals surface area contributed by atoms with E-state index in [1.165, 1.54) is 19.4 Å². The van der Waals surface area contributed by atoms with Gasteiger partial charge in [0.15, 0.2) is 5.75 Å². The van der Waals surface area contributed by atoms with Crippen molar-refractivity contribution in [2.45, 2.75) is 13.8 Å².